The quantitative estimate of drug-likeness (QED) is 0.0334. The summed E-state index contributed by atoms with van der Waals surface area (Å²) >= 11 is 0. The first-order chi connectivity index (χ1) is 56.4. The Morgan fingerprint density at radius 2 is 0.228 bits per heavy atom. The second-order valence-corrected chi connectivity index (χ2v) is 34.5. The molecule has 0 aliphatic heterocycles. The second kappa shape index (κ2) is 43.9. The Morgan fingerprint density at radius 3 is 0.377 bits per heavy atom. The molecule has 0 saturated carbocycles. The van der Waals surface area contributed by atoms with Crippen LogP contribution in [0.5, 0.6) is 0 Å². The molecule has 13 rings (SSSR count). The molecule has 114 heavy (non-hydrogen) atoms. The van der Waals surface area contributed by atoms with Gasteiger partial charge in [0.25, 0.3) is 0 Å². The lowest BCUT2D eigenvalue weighted by molar-refractivity contribution is 0.607. The minimum atomic E-state index is 1.09. The van der Waals surface area contributed by atoms with Crippen molar-refractivity contribution in [1.82, 2.24) is 0 Å². The molecule has 1 aromatic rings. The highest BCUT2D eigenvalue weighted by atomic mass is 14.4. The first-order valence-electron chi connectivity index (χ1n) is 46.8. The Kier molecular flexibility index (Phi) is 32.1. The molecule has 1 aromatic carbocycles. The Labute approximate surface area is 692 Å². The molecule has 0 N–H and O–H groups in total. The van der Waals surface area contributed by atoms with Gasteiger partial charge in [-0.1, -0.05) is 453 Å². The summed E-state index contributed by atoms with van der Waals surface area (Å²) in [6.07, 6.45) is 52.9. The largest absolute Gasteiger partial charge is 0.0654 e. The third kappa shape index (κ3) is 21.3. The maximum atomic E-state index is 2.56. The zero-order chi connectivity index (χ0) is 78.5. The summed E-state index contributed by atoms with van der Waals surface area (Å²) in [5.74, 6) is 0. The van der Waals surface area contributed by atoms with Crippen molar-refractivity contribution < 1.29 is 0 Å². The first-order valence-corrected chi connectivity index (χ1v) is 46.8. The van der Waals surface area contributed by atoms with Crippen molar-refractivity contribution in [2.24, 2.45) is 0 Å². The average molecular weight is 1510 g/mol. The summed E-state index contributed by atoms with van der Waals surface area (Å²) < 4.78 is 0. The van der Waals surface area contributed by atoms with Crippen LogP contribution in [0.1, 0.15) is 306 Å². The number of benzene rings is 1. The molecule has 594 valence electrons. The molecule has 12 aliphatic rings. The number of unbranched alkanes of at least 4 members (excludes halogenated alkanes) is 30. The number of rotatable bonds is 48. The zero-order valence-electron chi connectivity index (χ0n) is 71.5. The highest BCUT2D eigenvalue weighted by Gasteiger charge is 2.36. The van der Waals surface area contributed by atoms with Crippen LogP contribution in [0, 0.1) is 0 Å². The van der Waals surface area contributed by atoms with E-state index in [-0.39, 0.29) is 0 Å². The third-order valence-electron chi connectivity index (χ3n) is 25.9. The molecule has 0 atom stereocenters. The van der Waals surface area contributed by atoms with Gasteiger partial charge in [0.15, 0.2) is 0 Å². The van der Waals surface area contributed by atoms with Crippen molar-refractivity contribution in [2.45, 2.75) is 311 Å². The van der Waals surface area contributed by atoms with E-state index < -0.39 is 0 Å². The van der Waals surface area contributed by atoms with E-state index in [9.17, 15) is 0 Å². The average Bonchev–Trinajstić information content (AvgIpc) is 1.44. The fourth-order valence-electron chi connectivity index (χ4n) is 19.0. The van der Waals surface area contributed by atoms with Crippen molar-refractivity contribution in [3.05, 3.63) is 252 Å². The summed E-state index contributed by atoms with van der Waals surface area (Å²) in [4.78, 5) is 0. The van der Waals surface area contributed by atoms with Gasteiger partial charge in [-0.2, -0.15) is 0 Å². The van der Waals surface area contributed by atoms with Crippen LogP contribution in [0.2, 0.25) is 0 Å². The summed E-state index contributed by atoms with van der Waals surface area (Å²) in [5.41, 5.74) is 39.8. The van der Waals surface area contributed by atoms with E-state index in [1.54, 1.807) is 0 Å². The molecule has 0 spiro atoms. The molecule has 0 radical (unpaired) electrons. The highest BCUT2D eigenvalue weighted by Crippen LogP contribution is 2.63. The van der Waals surface area contributed by atoms with Gasteiger partial charge in [-0.15, -0.1) is 0 Å². The van der Waals surface area contributed by atoms with Crippen LogP contribution >= 0.6 is 0 Å². The molecule has 0 bridgehead atoms. The number of hydrogen-bond donors (Lipinski definition) is 0. The Hall–Kier alpha value is -8.58. The molecular formula is C114H138. The lowest BCUT2D eigenvalue weighted by Gasteiger charge is -2.29. The van der Waals surface area contributed by atoms with E-state index >= 15 is 0 Å². The first kappa shape index (κ1) is 83.4. The number of fused-ring (bicyclic) bond motifs is 6. The van der Waals surface area contributed by atoms with E-state index in [1.807, 2.05) is 0 Å². The normalized spacial score (nSPS) is 11.8. The molecule has 0 fully saturated rings. The standard InChI is InChI=1S/C114H138/c1-7-13-19-25-31-37-43-85-49-61-91-67-79-103(97(91)73-55-85)109-110(104-80-68-92-62-50-86(56-74-98(92)104)44-38-32-26-20-14-8-2)112(106-82-70-94-64-52-88(58-76-100(94)106)46-40-34-28-22-16-10-4)114(108-84-72-96-66-54-90(60-78-102(96)108)48-42-36-30-24-18-12-6)113(107-83-71-95-65-53-89(59-77-101(95)107)47-41-35-29-23-17-11-5)111(109)105-81-69-93-63-51-87(57-75-99(93)105)45-39-33-27-21-15-9-3/h49-84H,7-48H2,1-6H3. The molecular weight excluding hydrogens is 1370 g/mol. The van der Waals surface area contributed by atoms with E-state index in [2.05, 4.69) is 260 Å². The minimum Gasteiger partial charge on any atom is -0.0654 e. The van der Waals surface area contributed by atoms with Crippen LogP contribution in [0.25, 0.3) is 134 Å². The van der Waals surface area contributed by atoms with Gasteiger partial charge in [0.1, 0.15) is 0 Å². The molecule has 0 saturated heterocycles. The van der Waals surface area contributed by atoms with Crippen LogP contribution in [0.3, 0.4) is 0 Å². The number of hydrogen-bond acceptors (Lipinski definition) is 0. The second-order valence-electron chi connectivity index (χ2n) is 34.5. The predicted octanol–water partition coefficient (Wildman–Crippen LogP) is 35.7. The predicted molar refractivity (Wildman–Crippen MR) is 501 cm³/mol. The third-order valence-corrected chi connectivity index (χ3v) is 25.9. The van der Waals surface area contributed by atoms with Crippen LogP contribution in [0.15, 0.2) is 218 Å². The fraction of sp³-hybridized carbons (Fsp3) is 0.421. The maximum absolute atomic E-state index is 2.56. The fourth-order valence-corrected chi connectivity index (χ4v) is 19.0. The summed E-state index contributed by atoms with van der Waals surface area (Å²) in [7, 11) is 0. The van der Waals surface area contributed by atoms with Crippen LogP contribution in [0.4, 0.5) is 0 Å². The molecule has 0 unspecified atom stereocenters. The van der Waals surface area contributed by atoms with Crippen molar-refractivity contribution >= 4 is 0 Å². The van der Waals surface area contributed by atoms with E-state index in [0.717, 1.165) is 38.5 Å². The summed E-state index contributed by atoms with van der Waals surface area (Å²) in [5, 5.41) is 0. The summed E-state index contributed by atoms with van der Waals surface area (Å²) in [6, 6.07) is 90.2. The maximum Gasteiger partial charge on any atom is -0.000718 e. The van der Waals surface area contributed by atoms with E-state index in [1.165, 1.54) is 398 Å². The lowest BCUT2D eigenvalue weighted by Crippen LogP contribution is -2.02. The van der Waals surface area contributed by atoms with Gasteiger partial charge in [0.05, 0.1) is 0 Å². The van der Waals surface area contributed by atoms with Gasteiger partial charge in [-0.05, 0) is 244 Å². The minimum absolute atomic E-state index is 1.09. The van der Waals surface area contributed by atoms with E-state index in [4.69, 9.17) is 0 Å². The Balaban J connectivity index is 1.16. The SMILES string of the molecule is CCCCCCCCc1ccc2ccc(-c3c(-c4ccc5ccc(CCCCCCCC)ccc4-5)c(-c4ccc5ccc(CCCCCCCC)ccc4-5)c(-c4ccc5ccc(CCCCCCCC)ccc4-5)c(-c4ccc5ccc(CCCCCCCC)ccc4-5)c3-c3ccc4ccc(CCCCCCCC)ccc3-4)c-2cc1. The van der Waals surface area contributed by atoms with Crippen LogP contribution in [-0.4, -0.2) is 0 Å². The van der Waals surface area contributed by atoms with Crippen molar-refractivity contribution in [3.8, 4) is 134 Å². The van der Waals surface area contributed by atoms with Gasteiger partial charge < -0.3 is 0 Å². The number of aryl methyl sites for hydroxylation is 6. The molecule has 0 heterocycles. The van der Waals surface area contributed by atoms with Gasteiger partial charge in [-0.25, -0.2) is 0 Å². The lowest BCUT2D eigenvalue weighted by atomic mass is 9.73. The molecule has 0 amide bonds. The Bertz CT molecular complexity index is 4040. The molecule has 0 heteroatoms. The van der Waals surface area contributed by atoms with Gasteiger partial charge >= 0.3 is 0 Å². The van der Waals surface area contributed by atoms with Gasteiger partial charge in [0, 0.05) is 0 Å². The summed E-state index contributed by atoms with van der Waals surface area (Å²) in [6.45, 7) is 14.0. The van der Waals surface area contributed by atoms with Crippen molar-refractivity contribution in [1.29, 1.82) is 0 Å². The van der Waals surface area contributed by atoms with E-state index in [0.29, 0.717) is 0 Å². The highest BCUT2D eigenvalue weighted by molar-refractivity contribution is 6.22. The molecule has 0 nitrogen and oxygen atoms in total. The monoisotopic (exact) mass is 1510 g/mol. The topological polar surface area (TPSA) is 0 Å². The zero-order valence-corrected chi connectivity index (χ0v) is 71.5. The molecule has 12 aliphatic carbocycles. The van der Waals surface area contributed by atoms with Gasteiger partial charge in [0.2, 0.25) is 0 Å². The van der Waals surface area contributed by atoms with Crippen LogP contribution in [-0.2, 0) is 38.5 Å². The van der Waals surface area contributed by atoms with Crippen molar-refractivity contribution in [3.63, 3.8) is 0 Å². The van der Waals surface area contributed by atoms with Gasteiger partial charge in [-0.3, -0.25) is 0 Å². The van der Waals surface area contributed by atoms with Crippen LogP contribution < -0.4 is 0 Å². The Morgan fingerprint density at radius 1 is 0.114 bits per heavy atom. The smallest absolute Gasteiger partial charge is 0.000718 e. The molecule has 0 aromatic heterocycles. The van der Waals surface area contributed by atoms with Crippen molar-refractivity contribution in [2.75, 3.05) is 0 Å².